The van der Waals surface area contributed by atoms with Gasteiger partial charge in [0.25, 0.3) is 5.56 Å². The molecule has 0 unspecified atom stereocenters. The molecular weight excluding hydrogens is 368 g/mol. The van der Waals surface area contributed by atoms with Crippen LogP contribution in [0.2, 0.25) is 0 Å². The number of carboxylic acids is 1. The predicted octanol–water partition coefficient (Wildman–Crippen LogP) is 1.09. The Labute approximate surface area is 142 Å². The van der Waals surface area contributed by atoms with Gasteiger partial charge < -0.3 is 19.3 Å². The Morgan fingerprint density at radius 3 is 2.87 bits per heavy atom. The summed E-state index contributed by atoms with van der Waals surface area (Å²) in [7, 11) is 0. The van der Waals surface area contributed by atoms with E-state index in [0.29, 0.717) is 17.6 Å². The number of carbonyl (C=O) groups is 2. The molecule has 0 saturated carbocycles. The maximum Gasteiger partial charge on any atom is 0.305 e. The number of halogens is 1. The van der Waals surface area contributed by atoms with Crippen LogP contribution >= 0.6 is 15.9 Å². The van der Waals surface area contributed by atoms with Crippen molar-refractivity contribution < 1.29 is 19.4 Å². The zero-order valence-electron chi connectivity index (χ0n) is 12.6. The second-order valence-electron chi connectivity index (χ2n) is 5.43. The van der Waals surface area contributed by atoms with Crippen molar-refractivity contribution >= 4 is 27.8 Å². The van der Waals surface area contributed by atoms with Gasteiger partial charge in [-0.05, 0) is 34.8 Å². The lowest BCUT2D eigenvalue weighted by Crippen LogP contribution is -2.41. The molecule has 2 rings (SSSR count). The smallest absolute Gasteiger partial charge is 0.305 e. The van der Waals surface area contributed by atoms with Gasteiger partial charge in [0.15, 0.2) is 0 Å². The summed E-state index contributed by atoms with van der Waals surface area (Å²) in [5.41, 5.74) is -0.281. The Morgan fingerprint density at radius 2 is 2.22 bits per heavy atom. The molecule has 1 fully saturated rings. The van der Waals surface area contributed by atoms with Gasteiger partial charge in [-0.2, -0.15) is 0 Å². The average molecular weight is 387 g/mol. The van der Waals surface area contributed by atoms with Gasteiger partial charge in [0.05, 0.1) is 12.5 Å². The SMILES string of the molecule is O=C(O)CCN(C[C@H]1CCCO1)C(=O)Cn1cc(Br)ccc1=O. The van der Waals surface area contributed by atoms with E-state index in [-0.39, 0.29) is 37.1 Å². The zero-order chi connectivity index (χ0) is 16.8. The minimum absolute atomic E-state index is 0.0630. The maximum absolute atomic E-state index is 12.5. The number of aromatic nitrogens is 1. The summed E-state index contributed by atoms with van der Waals surface area (Å²) in [6.45, 7) is 1.01. The number of ether oxygens (including phenoxy) is 1. The van der Waals surface area contributed by atoms with Crippen molar-refractivity contribution in [2.75, 3.05) is 19.7 Å². The van der Waals surface area contributed by atoms with Crippen LogP contribution in [0.1, 0.15) is 19.3 Å². The van der Waals surface area contributed by atoms with Gasteiger partial charge in [-0.1, -0.05) is 0 Å². The van der Waals surface area contributed by atoms with Crippen LogP contribution < -0.4 is 5.56 Å². The number of aliphatic carboxylic acids is 1. The van der Waals surface area contributed by atoms with Gasteiger partial charge in [0, 0.05) is 36.4 Å². The van der Waals surface area contributed by atoms with Crippen molar-refractivity contribution in [1.29, 1.82) is 0 Å². The maximum atomic E-state index is 12.5. The first-order valence-corrected chi connectivity index (χ1v) is 8.22. The third-order valence-corrected chi connectivity index (χ3v) is 4.12. The van der Waals surface area contributed by atoms with E-state index in [1.54, 1.807) is 12.3 Å². The lowest BCUT2D eigenvalue weighted by atomic mass is 10.2. The van der Waals surface area contributed by atoms with Crippen molar-refractivity contribution in [2.45, 2.75) is 31.9 Å². The highest BCUT2D eigenvalue weighted by atomic mass is 79.9. The molecule has 1 aromatic rings. The average Bonchev–Trinajstić information content (AvgIpc) is 3.00. The van der Waals surface area contributed by atoms with Crippen molar-refractivity contribution in [3.8, 4) is 0 Å². The second-order valence-corrected chi connectivity index (χ2v) is 6.35. The topological polar surface area (TPSA) is 88.8 Å². The van der Waals surface area contributed by atoms with Crippen molar-refractivity contribution in [1.82, 2.24) is 9.47 Å². The molecule has 0 spiro atoms. The Kier molecular flexibility index (Phi) is 6.35. The van der Waals surface area contributed by atoms with Crippen LogP contribution in [0.15, 0.2) is 27.6 Å². The van der Waals surface area contributed by atoms with E-state index >= 15 is 0 Å². The first-order valence-electron chi connectivity index (χ1n) is 7.43. The molecule has 8 heteroatoms. The summed E-state index contributed by atoms with van der Waals surface area (Å²) in [6.07, 6.45) is 3.14. The molecule has 1 amide bonds. The van der Waals surface area contributed by atoms with Crippen LogP contribution in [-0.2, 0) is 20.9 Å². The summed E-state index contributed by atoms with van der Waals surface area (Å²) in [5.74, 6) is -1.25. The fraction of sp³-hybridized carbons (Fsp3) is 0.533. The minimum Gasteiger partial charge on any atom is -0.481 e. The molecule has 126 valence electrons. The number of carboxylic acid groups (broad SMARTS) is 1. The van der Waals surface area contributed by atoms with Crippen molar-refractivity contribution in [2.24, 2.45) is 0 Å². The Hall–Kier alpha value is -1.67. The first-order chi connectivity index (χ1) is 11.0. The van der Waals surface area contributed by atoms with E-state index in [1.807, 2.05) is 0 Å². The lowest BCUT2D eigenvalue weighted by Gasteiger charge is -2.25. The van der Waals surface area contributed by atoms with Gasteiger partial charge in [0.1, 0.15) is 6.54 Å². The van der Waals surface area contributed by atoms with Gasteiger partial charge in [-0.25, -0.2) is 0 Å². The molecule has 0 bridgehead atoms. The Bertz CT molecular complexity index is 625. The van der Waals surface area contributed by atoms with Gasteiger partial charge in [0.2, 0.25) is 5.91 Å². The first kappa shape index (κ1) is 17.7. The third kappa shape index (κ3) is 5.47. The summed E-state index contributed by atoms with van der Waals surface area (Å²) >= 11 is 3.26. The number of nitrogens with zero attached hydrogens (tertiary/aromatic N) is 2. The fourth-order valence-corrected chi connectivity index (χ4v) is 2.83. The fourth-order valence-electron chi connectivity index (χ4n) is 2.45. The largest absolute Gasteiger partial charge is 0.481 e. The molecule has 1 saturated heterocycles. The van der Waals surface area contributed by atoms with Crippen LogP contribution in [0.5, 0.6) is 0 Å². The molecule has 2 heterocycles. The molecule has 7 nitrogen and oxygen atoms in total. The summed E-state index contributed by atoms with van der Waals surface area (Å²) in [4.78, 5) is 36.5. The molecule has 0 aromatic carbocycles. The van der Waals surface area contributed by atoms with E-state index in [4.69, 9.17) is 9.84 Å². The van der Waals surface area contributed by atoms with E-state index in [9.17, 15) is 14.4 Å². The zero-order valence-corrected chi connectivity index (χ0v) is 14.2. The quantitative estimate of drug-likeness (QED) is 0.757. The number of hydrogen-bond acceptors (Lipinski definition) is 4. The van der Waals surface area contributed by atoms with Crippen LogP contribution in [-0.4, -0.2) is 52.3 Å². The highest BCUT2D eigenvalue weighted by molar-refractivity contribution is 9.10. The van der Waals surface area contributed by atoms with Crippen LogP contribution in [0.25, 0.3) is 0 Å². The predicted molar refractivity (Wildman–Crippen MR) is 86.2 cm³/mol. The second kappa shape index (κ2) is 8.26. The highest BCUT2D eigenvalue weighted by Crippen LogP contribution is 2.14. The molecule has 23 heavy (non-hydrogen) atoms. The molecule has 1 atom stereocenters. The summed E-state index contributed by atoms with van der Waals surface area (Å²) in [6, 6.07) is 2.98. The van der Waals surface area contributed by atoms with Crippen LogP contribution in [0.3, 0.4) is 0 Å². The van der Waals surface area contributed by atoms with Gasteiger partial charge in [-0.3, -0.25) is 14.4 Å². The third-order valence-electron chi connectivity index (χ3n) is 3.65. The normalized spacial score (nSPS) is 17.2. The van der Waals surface area contributed by atoms with Gasteiger partial charge in [-0.15, -0.1) is 0 Å². The van der Waals surface area contributed by atoms with E-state index in [2.05, 4.69) is 15.9 Å². The van der Waals surface area contributed by atoms with Crippen LogP contribution in [0.4, 0.5) is 0 Å². The summed E-state index contributed by atoms with van der Waals surface area (Å²) in [5, 5.41) is 8.84. The molecule has 0 aliphatic carbocycles. The number of rotatable bonds is 7. The number of pyridine rings is 1. The van der Waals surface area contributed by atoms with Crippen molar-refractivity contribution in [3.05, 3.63) is 33.2 Å². The molecule has 0 radical (unpaired) electrons. The number of amides is 1. The van der Waals surface area contributed by atoms with E-state index < -0.39 is 5.97 Å². The molecule has 1 aliphatic rings. The molecular formula is C15H19BrN2O5. The van der Waals surface area contributed by atoms with E-state index in [0.717, 1.165) is 12.8 Å². The molecule has 1 aliphatic heterocycles. The van der Waals surface area contributed by atoms with E-state index in [1.165, 1.54) is 15.5 Å². The van der Waals surface area contributed by atoms with Crippen LogP contribution in [0, 0.1) is 0 Å². The Balaban J connectivity index is 2.06. The Morgan fingerprint density at radius 1 is 1.43 bits per heavy atom. The standard InChI is InChI=1S/C15H19BrN2O5/c16-11-3-4-13(19)18(8-11)10-14(20)17(6-5-15(21)22)9-12-2-1-7-23-12/h3-4,8,12H,1-2,5-7,9-10H2,(H,21,22)/t12-/m1/s1. The number of hydrogen-bond donors (Lipinski definition) is 1. The van der Waals surface area contributed by atoms with Gasteiger partial charge >= 0.3 is 5.97 Å². The lowest BCUT2D eigenvalue weighted by molar-refractivity contribution is -0.139. The number of carbonyl (C=O) groups excluding carboxylic acids is 1. The summed E-state index contributed by atoms with van der Waals surface area (Å²) < 4.78 is 7.51. The monoisotopic (exact) mass is 386 g/mol. The molecule has 1 aromatic heterocycles. The highest BCUT2D eigenvalue weighted by Gasteiger charge is 2.23. The molecule has 1 N–H and O–H groups in total. The minimum atomic E-state index is -0.963. The van der Waals surface area contributed by atoms with Crippen molar-refractivity contribution in [3.63, 3.8) is 0 Å².